The van der Waals surface area contributed by atoms with E-state index in [2.05, 4.69) is 10.3 Å². The molecule has 204 valence electrons. The summed E-state index contributed by atoms with van der Waals surface area (Å²) in [5.74, 6) is -4.52. The predicted octanol–water partition coefficient (Wildman–Crippen LogP) is 6.90. The van der Waals surface area contributed by atoms with Gasteiger partial charge in [0, 0.05) is 30.8 Å². The summed E-state index contributed by atoms with van der Waals surface area (Å²) in [4.78, 5) is 18.6. The summed E-state index contributed by atoms with van der Waals surface area (Å²) in [6.45, 7) is 0. The lowest BCUT2D eigenvalue weighted by Gasteiger charge is -2.34. The summed E-state index contributed by atoms with van der Waals surface area (Å²) in [5, 5.41) is 3.21. The van der Waals surface area contributed by atoms with Crippen molar-refractivity contribution in [1.82, 2.24) is 14.9 Å². The van der Waals surface area contributed by atoms with Gasteiger partial charge >= 0.3 is 0 Å². The zero-order chi connectivity index (χ0) is 26.8. The number of carbonyl (C=O) groups is 1. The summed E-state index contributed by atoms with van der Waals surface area (Å²) in [5.41, 5.74) is 0.219. The Labute approximate surface area is 219 Å². The molecule has 2 atom stereocenters. The quantitative estimate of drug-likeness (QED) is 0.338. The zero-order valence-electron chi connectivity index (χ0n) is 21.5. The lowest BCUT2D eigenvalue weighted by atomic mass is 9.82. The minimum absolute atomic E-state index is 0.0358. The molecule has 38 heavy (non-hydrogen) atoms. The van der Waals surface area contributed by atoms with E-state index in [4.69, 9.17) is 4.74 Å². The molecule has 0 saturated heterocycles. The number of methoxy groups -OCH3 is 1. The Kier molecular flexibility index (Phi) is 8.02. The lowest BCUT2D eigenvalue weighted by Crippen LogP contribution is -2.44. The van der Waals surface area contributed by atoms with Crippen molar-refractivity contribution in [2.75, 3.05) is 7.11 Å². The Morgan fingerprint density at radius 2 is 1.61 bits per heavy atom. The molecule has 1 aromatic heterocycles. The molecule has 2 aliphatic carbocycles. The molecule has 0 aliphatic heterocycles. The number of halogens is 4. The summed E-state index contributed by atoms with van der Waals surface area (Å²) >= 11 is 0. The average Bonchev–Trinajstić information content (AvgIpc) is 3.26. The fraction of sp³-hybridized carbons (Fsp3) is 0.517. The summed E-state index contributed by atoms with van der Waals surface area (Å²) in [6.07, 6.45) is 8.25. The maximum atomic E-state index is 15.0. The van der Waals surface area contributed by atoms with Crippen molar-refractivity contribution >= 4 is 16.9 Å². The van der Waals surface area contributed by atoms with E-state index in [1.54, 1.807) is 4.57 Å². The van der Waals surface area contributed by atoms with Gasteiger partial charge in [0.05, 0.1) is 11.0 Å². The number of benzene rings is 2. The van der Waals surface area contributed by atoms with Crippen LogP contribution in [0.2, 0.25) is 0 Å². The number of imidazole rings is 1. The van der Waals surface area contributed by atoms with E-state index in [0.717, 1.165) is 82.4 Å². The van der Waals surface area contributed by atoms with Crippen molar-refractivity contribution in [1.29, 1.82) is 0 Å². The number of hydrogen-bond donors (Lipinski definition) is 1. The van der Waals surface area contributed by atoms with Crippen LogP contribution in [0.3, 0.4) is 0 Å². The highest BCUT2D eigenvalue weighted by Gasteiger charge is 2.38. The molecule has 0 bridgehead atoms. The number of nitrogens with one attached hydrogen (secondary N) is 1. The number of carbonyl (C=O) groups excluding carboxylic acids is 1. The van der Waals surface area contributed by atoms with E-state index >= 15 is 0 Å². The van der Waals surface area contributed by atoms with E-state index in [-0.39, 0.29) is 40.3 Å². The molecule has 2 saturated carbocycles. The third-order valence-electron chi connectivity index (χ3n) is 8.09. The molecule has 1 heterocycles. The summed E-state index contributed by atoms with van der Waals surface area (Å²) in [6, 6.07) is 4.98. The standard InChI is InChI=1S/C29H33F4N3O2/c1-38-27(19-13-8-14-20(30)25(19)33)28-35-23-15-21(31)22(32)16-24(23)36(28)26(17-9-4-2-5-10-17)29(37)34-18-11-6-3-7-12-18/h8,13-18,26-27H,2-7,9-12H2,1H3,(H,34,37). The molecule has 2 unspecified atom stereocenters. The SMILES string of the molecule is COC(c1cccc(F)c1F)c1nc2cc(F)c(F)cc2n1C(C(=O)NC1CCCCC1)C1CCCCC1. The number of rotatable bonds is 7. The highest BCUT2D eigenvalue weighted by Crippen LogP contribution is 2.40. The third kappa shape index (κ3) is 5.17. The number of aromatic nitrogens is 2. The third-order valence-corrected chi connectivity index (χ3v) is 8.09. The first-order chi connectivity index (χ1) is 18.4. The summed E-state index contributed by atoms with van der Waals surface area (Å²) < 4.78 is 65.3. The number of hydrogen-bond acceptors (Lipinski definition) is 3. The van der Waals surface area contributed by atoms with Crippen molar-refractivity contribution in [2.45, 2.75) is 82.4 Å². The lowest BCUT2D eigenvalue weighted by molar-refractivity contribution is -0.127. The Morgan fingerprint density at radius 1 is 0.947 bits per heavy atom. The zero-order valence-corrected chi connectivity index (χ0v) is 21.5. The summed E-state index contributed by atoms with van der Waals surface area (Å²) in [7, 11) is 1.33. The van der Waals surface area contributed by atoms with Gasteiger partial charge in [0.1, 0.15) is 18.0 Å². The molecule has 3 aromatic rings. The van der Waals surface area contributed by atoms with Crippen LogP contribution in [0.15, 0.2) is 30.3 Å². The van der Waals surface area contributed by atoms with Crippen molar-refractivity contribution in [3.05, 3.63) is 65.0 Å². The van der Waals surface area contributed by atoms with E-state index in [0.29, 0.717) is 0 Å². The van der Waals surface area contributed by atoms with E-state index < -0.39 is 35.4 Å². The molecule has 1 N–H and O–H groups in total. The second-order valence-electron chi connectivity index (χ2n) is 10.5. The molecule has 2 fully saturated rings. The van der Waals surface area contributed by atoms with E-state index in [1.165, 1.54) is 19.2 Å². The molecule has 5 nitrogen and oxygen atoms in total. The Bertz CT molecular complexity index is 1300. The van der Waals surface area contributed by atoms with Gasteiger partial charge in [0.25, 0.3) is 0 Å². The molecule has 0 spiro atoms. The Morgan fingerprint density at radius 3 is 2.29 bits per heavy atom. The van der Waals surface area contributed by atoms with E-state index in [9.17, 15) is 22.4 Å². The number of nitrogens with zero attached hydrogens (tertiary/aromatic N) is 2. The Balaban J connectivity index is 1.69. The van der Waals surface area contributed by atoms with Gasteiger partial charge in [-0.2, -0.15) is 0 Å². The van der Waals surface area contributed by atoms with Gasteiger partial charge in [-0.25, -0.2) is 22.5 Å². The minimum Gasteiger partial charge on any atom is -0.369 e. The van der Waals surface area contributed by atoms with Crippen molar-refractivity contribution in [2.24, 2.45) is 5.92 Å². The monoisotopic (exact) mass is 531 g/mol. The molecule has 0 radical (unpaired) electrons. The number of amides is 1. The molecule has 9 heteroatoms. The molecule has 5 rings (SSSR count). The van der Waals surface area contributed by atoms with Crippen LogP contribution >= 0.6 is 0 Å². The van der Waals surface area contributed by atoms with Crippen LogP contribution < -0.4 is 5.32 Å². The van der Waals surface area contributed by atoms with Crippen LogP contribution in [0.4, 0.5) is 17.6 Å². The second-order valence-corrected chi connectivity index (χ2v) is 10.5. The van der Waals surface area contributed by atoms with Crippen LogP contribution in [-0.2, 0) is 9.53 Å². The maximum Gasteiger partial charge on any atom is 0.243 e. The van der Waals surface area contributed by atoms with Crippen LogP contribution in [-0.4, -0.2) is 28.6 Å². The molecule has 1 amide bonds. The first-order valence-electron chi connectivity index (χ1n) is 13.5. The van der Waals surface area contributed by atoms with Gasteiger partial charge in [-0.3, -0.25) is 4.79 Å². The van der Waals surface area contributed by atoms with E-state index in [1.807, 2.05) is 0 Å². The van der Waals surface area contributed by atoms with Gasteiger partial charge < -0.3 is 14.6 Å². The predicted molar refractivity (Wildman–Crippen MR) is 135 cm³/mol. The normalized spacial score (nSPS) is 19.0. The molecule has 2 aromatic carbocycles. The Hall–Kier alpha value is -2.94. The second kappa shape index (κ2) is 11.4. The van der Waals surface area contributed by atoms with Crippen molar-refractivity contribution in [3.63, 3.8) is 0 Å². The molecule has 2 aliphatic rings. The van der Waals surface area contributed by atoms with Gasteiger partial charge in [-0.15, -0.1) is 0 Å². The molecular weight excluding hydrogens is 498 g/mol. The van der Waals surface area contributed by atoms with Gasteiger partial charge in [0.15, 0.2) is 23.3 Å². The van der Waals surface area contributed by atoms with Gasteiger partial charge in [-0.05, 0) is 37.7 Å². The van der Waals surface area contributed by atoms with Gasteiger partial charge in [0.2, 0.25) is 5.91 Å². The fourth-order valence-electron chi connectivity index (χ4n) is 6.21. The van der Waals surface area contributed by atoms with Gasteiger partial charge in [-0.1, -0.05) is 50.7 Å². The van der Waals surface area contributed by atoms with Crippen LogP contribution in [0.25, 0.3) is 11.0 Å². The maximum absolute atomic E-state index is 15.0. The van der Waals surface area contributed by atoms with Crippen molar-refractivity contribution in [3.8, 4) is 0 Å². The smallest absolute Gasteiger partial charge is 0.243 e. The van der Waals surface area contributed by atoms with Crippen LogP contribution in [0.5, 0.6) is 0 Å². The highest BCUT2D eigenvalue weighted by molar-refractivity contribution is 5.85. The largest absolute Gasteiger partial charge is 0.369 e. The van der Waals surface area contributed by atoms with Crippen LogP contribution in [0.1, 0.15) is 87.7 Å². The number of ether oxygens (including phenoxy) is 1. The minimum atomic E-state index is -1.21. The first kappa shape index (κ1) is 26.7. The molecular formula is C29H33F4N3O2. The highest BCUT2D eigenvalue weighted by atomic mass is 19.2. The first-order valence-corrected chi connectivity index (χ1v) is 13.5. The fourth-order valence-corrected chi connectivity index (χ4v) is 6.21. The average molecular weight is 532 g/mol. The van der Waals surface area contributed by atoms with Crippen LogP contribution in [0, 0.1) is 29.2 Å². The van der Waals surface area contributed by atoms with Crippen molar-refractivity contribution < 1.29 is 27.1 Å². The number of fused-ring (bicyclic) bond motifs is 1. The topological polar surface area (TPSA) is 56.2 Å².